The van der Waals surface area contributed by atoms with Crippen LogP contribution in [-0.4, -0.2) is 28.2 Å². The molecular weight excluding hydrogens is 372 g/mol. The van der Waals surface area contributed by atoms with Crippen LogP contribution >= 0.6 is 15.9 Å². The van der Waals surface area contributed by atoms with Crippen LogP contribution in [0.4, 0.5) is 5.82 Å². The number of hydrogen-bond acceptors (Lipinski definition) is 4. The van der Waals surface area contributed by atoms with E-state index in [1.54, 1.807) is 7.11 Å². The summed E-state index contributed by atoms with van der Waals surface area (Å²) in [4.78, 5) is 16.5. The van der Waals surface area contributed by atoms with E-state index in [4.69, 9.17) is 4.74 Å². The Balaban J connectivity index is 2.04. The molecule has 7 heteroatoms. The molecule has 2 heterocycles. The number of pyridine rings is 1. The van der Waals surface area contributed by atoms with Gasteiger partial charge in [-0.05, 0) is 34.1 Å². The molecule has 6 nitrogen and oxygen atoms in total. The molecule has 124 valence electrons. The molecule has 2 N–H and O–H groups in total. The summed E-state index contributed by atoms with van der Waals surface area (Å²) in [5.41, 5.74) is 2.30. The lowest BCUT2D eigenvalue weighted by molar-refractivity contribution is -0.118. The predicted molar refractivity (Wildman–Crippen MR) is 97.0 cm³/mol. The number of fused-ring (bicyclic) bond motifs is 1. The van der Waals surface area contributed by atoms with E-state index in [1.807, 2.05) is 44.2 Å². The Morgan fingerprint density at radius 2 is 2.12 bits per heavy atom. The van der Waals surface area contributed by atoms with Gasteiger partial charge in [0.2, 0.25) is 5.91 Å². The molecule has 0 radical (unpaired) electrons. The van der Waals surface area contributed by atoms with Crippen molar-refractivity contribution in [3.05, 3.63) is 34.8 Å². The maximum atomic E-state index is 11.9. The second kappa shape index (κ2) is 6.60. The number of benzene rings is 1. The first kappa shape index (κ1) is 16.4. The number of aromatic nitrogens is 3. The van der Waals surface area contributed by atoms with Crippen LogP contribution in [0.1, 0.15) is 13.8 Å². The zero-order chi connectivity index (χ0) is 17.3. The molecule has 0 saturated carbocycles. The molecule has 0 unspecified atom stereocenters. The largest absolute Gasteiger partial charge is 0.497 e. The summed E-state index contributed by atoms with van der Waals surface area (Å²) >= 11 is 3.56. The lowest BCUT2D eigenvalue weighted by atomic mass is 10.1. The van der Waals surface area contributed by atoms with Crippen molar-refractivity contribution in [1.82, 2.24) is 15.2 Å². The topological polar surface area (TPSA) is 79.9 Å². The molecule has 0 fully saturated rings. The van der Waals surface area contributed by atoms with E-state index >= 15 is 0 Å². The van der Waals surface area contributed by atoms with Crippen LogP contribution in [-0.2, 0) is 4.79 Å². The molecule has 0 bridgehead atoms. The monoisotopic (exact) mass is 388 g/mol. The molecule has 0 aliphatic carbocycles. The number of nitrogens with zero attached hydrogens (tertiary/aromatic N) is 2. The minimum atomic E-state index is -0.121. The number of anilines is 1. The standard InChI is InChI=1S/C17H17BrN4O2/c1-9(2)17(23)20-16-12-8-13(18)14(19-15(12)21-22-16)10-5-4-6-11(7-10)24-3/h4-9H,1-3H3,(H2,19,20,21,22,23). The highest BCUT2D eigenvalue weighted by Gasteiger charge is 2.16. The highest BCUT2D eigenvalue weighted by Crippen LogP contribution is 2.33. The minimum absolute atomic E-state index is 0.0867. The second-order valence-corrected chi connectivity index (χ2v) is 6.52. The molecule has 1 aromatic carbocycles. The van der Waals surface area contributed by atoms with Crippen molar-refractivity contribution in [2.75, 3.05) is 12.4 Å². The van der Waals surface area contributed by atoms with E-state index in [9.17, 15) is 4.79 Å². The van der Waals surface area contributed by atoms with Gasteiger partial charge in [-0.25, -0.2) is 4.98 Å². The third kappa shape index (κ3) is 3.12. The van der Waals surface area contributed by atoms with Gasteiger partial charge in [0, 0.05) is 16.0 Å². The van der Waals surface area contributed by atoms with E-state index in [0.29, 0.717) is 11.5 Å². The van der Waals surface area contributed by atoms with Crippen molar-refractivity contribution in [3.63, 3.8) is 0 Å². The van der Waals surface area contributed by atoms with Gasteiger partial charge in [-0.1, -0.05) is 26.0 Å². The Morgan fingerprint density at radius 3 is 2.83 bits per heavy atom. The van der Waals surface area contributed by atoms with Crippen LogP contribution in [0.2, 0.25) is 0 Å². The third-order valence-electron chi connectivity index (χ3n) is 3.61. The van der Waals surface area contributed by atoms with E-state index in [-0.39, 0.29) is 11.8 Å². The van der Waals surface area contributed by atoms with E-state index in [0.717, 1.165) is 26.9 Å². The van der Waals surface area contributed by atoms with Crippen molar-refractivity contribution in [3.8, 4) is 17.0 Å². The van der Waals surface area contributed by atoms with Crippen molar-refractivity contribution in [1.29, 1.82) is 0 Å². The summed E-state index contributed by atoms with van der Waals surface area (Å²) < 4.78 is 6.07. The molecule has 0 aliphatic rings. The summed E-state index contributed by atoms with van der Waals surface area (Å²) in [6.07, 6.45) is 0. The Morgan fingerprint density at radius 1 is 1.33 bits per heavy atom. The Kier molecular flexibility index (Phi) is 4.53. The molecule has 24 heavy (non-hydrogen) atoms. The minimum Gasteiger partial charge on any atom is -0.497 e. The van der Waals surface area contributed by atoms with E-state index in [2.05, 4.69) is 36.4 Å². The van der Waals surface area contributed by atoms with Gasteiger partial charge in [0.15, 0.2) is 11.5 Å². The molecule has 0 atom stereocenters. The zero-order valence-corrected chi connectivity index (χ0v) is 15.1. The van der Waals surface area contributed by atoms with Crippen LogP contribution in [0.15, 0.2) is 34.8 Å². The molecular formula is C17H17BrN4O2. The lowest BCUT2D eigenvalue weighted by Gasteiger charge is -2.07. The molecule has 0 saturated heterocycles. The fourth-order valence-electron chi connectivity index (χ4n) is 2.25. The SMILES string of the molecule is COc1cccc(-c2nc3[nH]nc(NC(=O)C(C)C)c3cc2Br)c1. The fraction of sp³-hybridized carbons (Fsp3) is 0.235. The number of H-pyrrole nitrogens is 1. The van der Waals surface area contributed by atoms with Crippen LogP contribution in [0.25, 0.3) is 22.3 Å². The van der Waals surface area contributed by atoms with Crippen LogP contribution in [0, 0.1) is 5.92 Å². The number of carbonyl (C=O) groups excluding carboxylic acids is 1. The molecule has 0 spiro atoms. The Bertz CT molecular complexity index is 905. The Hall–Kier alpha value is -2.41. The number of amides is 1. The van der Waals surface area contributed by atoms with Gasteiger partial charge in [0.05, 0.1) is 18.2 Å². The molecule has 2 aromatic heterocycles. The van der Waals surface area contributed by atoms with E-state index < -0.39 is 0 Å². The smallest absolute Gasteiger partial charge is 0.228 e. The summed E-state index contributed by atoms with van der Waals surface area (Å²) in [6.45, 7) is 3.67. The van der Waals surface area contributed by atoms with Gasteiger partial charge in [-0.3, -0.25) is 9.89 Å². The maximum Gasteiger partial charge on any atom is 0.228 e. The number of aromatic amines is 1. The highest BCUT2D eigenvalue weighted by molar-refractivity contribution is 9.10. The number of carbonyl (C=O) groups is 1. The average Bonchev–Trinajstić information content (AvgIpc) is 2.96. The normalized spacial score (nSPS) is 11.0. The number of nitrogens with one attached hydrogen (secondary N) is 2. The van der Waals surface area contributed by atoms with Gasteiger partial charge >= 0.3 is 0 Å². The van der Waals surface area contributed by atoms with Gasteiger partial charge < -0.3 is 10.1 Å². The number of halogens is 1. The molecule has 1 amide bonds. The van der Waals surface area contributed by atoms with Crippen molar-refractivity contribution in [2.45, 2.75) is 13.8 Å². The highest BCUT2D eigenvalue weighted by atomic mass is 79.9. The number of hydrogen-bond donors (Lipinski definition) is 2. The first-order valence-electron chi connectivity index (χ1n) is 7.49. The summed E-state index contributed by atoms with van der Waals surface area (Å²) in [6, 6.07) is 9.56. The molecule has 0 aliphatic heterocycles. The summed E-state index contributed by atoms with van der Waals surface area (Å²) in [5, 5.41) is 10.6. The first-order valence-corrected chi connectivity index (χ1v) is 8.28. The lowest BCUT2D eigenvalue weighted by Crippen LogP contribution is -2.18. The fourth-order valence-corrected chi connectivity index (χ4v) is 2.80. The van der Waals surface area contributed by atoms with Crippen LogP contribution in [0.5, 0.6) is 5.75 Å². The van der Waals surface area contributed by atoms with Crippen molar-refractivity contribution in [2.24, 2.45) is 5.92 Å². The van der Waals surface area contributed by atoms with Crippen LogP contribution in [0.3, 0.4) is 0 Å². The zero-order valence-electron chi connectivity index (χ0n) is 13.6. The van der Waals surface area contributed by atoms with E-state index in [1.165, 1.54) is 0 Å². The first-order chi connectivity index (χ1) is 11.5. The van der Waals surface area contributed by atoms with Gasteiger partial charge in [0.25, 0.3) is 0 Å². The number of rotatable bonds is 4. The summed E-state index contributed by atoms with van der Waals surface area (Å²) in [7, 11) is 1.63. The average molecular weight is 389 g/mol. The number of ether oxygens (including phenoxy) is 1. The number of methoxy groups -OCH3 is 1. The van der Waals surface area contributed by atoms with Gasteiger partial charge in [-0.2, -0.15) is 5.10 Å². The predicted octanol–water partition coefficient (Wildman–Crippen LogP) is 3.99. The van der Waals surface area contributed by atoms with Crippen LogP contribution < -0.4 is 10.1 Å². The summed E-state index contributed by atoms with van der Waals surface area (Å²) in [5.74, 6) is 1.03. The maximum absolute atomic E-state index is 11.9. The third-order valence-corrected chi connectivity index (χ3v) is 4.22. The van der Waals surface area contributed by atoms with Gasteiger partial charge in [0.1, 0.15) is 5.75 Å². The molecule has 3 aromatic rings. The van der Waals surface area contributed by atoms with Gasteiger partial charge in [-0.15, -0.1) is 0 Å². The Labute approximate surface area is 147 Å². The van der Waals surface area contributed by atoms with Crippen molar-refractivity contribution < 1.29 is 9.53 Å². The second-order valence-electron chi connectivity index (χ2n) is 5.66. The van der Waals surface area contributed by atoms with Crippen molar-refractivity contribution >= 4 is 38.7 Å². The molecule has 3 rings (SSSR count). The quantitative estimate of drug-likeness (QED) is 0.707.